The van der Waals surface area contributed by atoms with Crippen LogP contribution >= 0.6 is 0 Å². The Bertz CT molecular complexity index is 1410. The fraction of sp³-hybridized carbons (Fsp3) is 0.233. The molecule has 1 saturated heterocycles. The Labute approximate surface area is 222 Å². The van der Waals surface area contributed by atoms with Crippen LogP contribution in [-0.2, 0) is 4.74 Å². The van der Waals surface area contributed by atoms with Gasteiger partial charge in [-0.1, -0.05) is 54.6 Å². The standard InChI is InChI=1S/C30H29N5O3/c1-21-33-29(35-14-16-36-17-15-35)19-30(34-21)38-27-18-24(32-2)12-13-26(27)22-8-10-23(11-9-22)28(20-31)37-25-6-4-3-5-7-25/h3-13,18-19,28H,14-17,20,31H2,1H3. The second-order valence-corrected chi connectivity index (χ2v) is 8.88. The molecule has 0 aliphatic carbocycles. The number of aryl methyl sites for hydroxylation is 1. The molecule has 1 atom stereocenters. The summed E-state index contributed by atoms with van der Waals surface area (Å²) in [6.45, 7) is 12.5. The molecule has 38 heavy (non-hydrogen) atoms. The minimum absolute atomic E-state index is 0.269. The van der Waals surface area contributed by atoms with Gasteiger partial charge in [0.1, 0.15) is 29.2 Å². The average Bonchev–Trinajstić information content (AvgIpc) is 2.97. The summed E-state index contributed by atoms with van der Waals surface area (Å²) < 4.78 is 17.9. The second-order valence-electron chi connectivity index (χ2n) is 8.88. The SMILES string of the molecule is [C-]#[N+]c1ccc(-c2ccc(C(CN)Oc3ccccc3)cc2)c(Oc2cc(N3CCOCC3)nc(C)n2)c1. The summed E-state index contributed by atoms with van der Waals surface area (Å²) in [6, 6.07) is 24.9. The van der Waals surface area contributed by atoms with Gasteiger partial charge in [0.25, 0.3) is 0 Å². The number of nitrogens with two attached hydrogens (primary N) is 1. The van der Waals surface area contributed by atoms with E-state index in [4.69, 9.17) is 26.5 Å². The van der Waals surface area contributed by atoms with Crippen LogP contribution in [0.3, 0.4) is 0 Å². The Balaban J connectivity index is 1.42. The van der Waals surface area contributed by atoms with E-state index < -0.39 is 0 Å². The van der Waals surface area contributed by atoms with Crippen LogP contribution in [0, 0.1) is 13.5 Å². The molecule has 0 spiro atoms. The summed E-state index contributed by atoms with van der Waals surface area (Å²) in [5.41, 5.74) is 9.27. The fourth-order valence-corrected chi connectivity index (χ4v) is 4.34. The number of hydrogen-bond acceptors (Lipinski definition) is 7. The first-order chi connectivity index (χ1) is 18.6. The van der Waals surface area contributed by atoms with Crippen LogP contribution in [-0.4, -0.2) is 42.8 Å². The van der Waals surface area contributed by atoms with Crippen molar-refractivity contribution in [2.45, 2.75) is 13.0 Å². The van der Waals surface area contributed by atoms with Crippen molar-refractivity contribution in [2.75, 3.05) is 37.7 Å². The molecule has 8 nitrogen and oxygen atoms in total. The van der Waals surface area contributed by atoms with Crippen molar-refractivity contribution in [2.24, 2.45) is 5.73 Å². The quantitative estimate of drug-likeness (QED) is 0.306. The lowest BCUT2D eigenvalue weighted by Crippen LogP contribution is -2.36. The summed E-state index contributed by atoms with van der Waals surface area (Å²) in [6.07, 6.45) is -0.269. The number of anilines is 1. The lowest BCUT2D eigenvalue weighted by molar-refractivity contribution is 0.122. The number of morpholine rings is 1. The summed E-state index contributed by atoms with van der Waals surface area (Å²) >= 11 is 0. The largest absolute Gasteiger partial charge is 0.484 e. The van der Waals surface area contributed by atoms with Crippen LogP contribution in [0.2, 0.25) is 0 Å². The average molecular weight is 508 g/mol. The van der Waals surface area contributed by atoms with Gasteiger partial charge >= 0.3 is 0 Å². The van der Waals surface area contributed by atoms with Crippen molar-refractivity contribution in [3.8, 4) is 28.5 Å². The Kier molecular flexibility index (Phi) is 7.78. The predicted molar refractivity (Wildman–Crippen MR) is 147 cm³/mol. The Morgan fingerprint density at radius 2 is 1.76 bits per heavy atom. The molecular formula is C30H29N5O3. The molecule has 1 unspecified atom stereocenters. The van der Waals surface area contributed by atoms with Gasteiger partial charge in [0.2, 0.25) is 5.88 Å². The van der Waals surface area contributed by atoms with Gasteiger partial charge in [-0.25, -0.2) is 9.83 Å². The van der Waals surface area contributed by atoms with Crippen LogP contribution in [0.25, 0.3) is 16.0 Å². The number of para-hydroxylation sites is 1. The molecule has 1 aromatic heterocycles. The predicted octanol–water partition coefficient (Wildman–Crippen LogP) is 5.71. The molecular weight excluding hydrogens is 478 g/mol. The maximum Gasteiger partial charge on any atom is 0.224 e. The van der Waals surface area contributed by atoms with Gasteiger partial charge in [-0.15, -0.1) is 0 Å². The highest BCUT2D eigenvalue weighted by atomic mass is 16.5. The minimum Gasteiger partial charge on any atom is -0.484 e. The molecule has 3 aromatic carbocycles. The fourth-order valence-electron chi connectivity index (χ4n) is 4.34. The summed E-state index contributed by atoms with van der Waals surface area (Å²) in [4.78, 5) is 14.8. The molecule has 5 rings (SSSR count). The molecule has 8 heteroatoms. The molecule has 1 aliphatic heterocycles. The van der Waals surface area contributed by atoms with Gasteiger partial charge in [-0.05, 0) is 36.2 Å². The number of aromatic nitrogens is 2. The van der Waals surface area contributed by atoms with E-state index in [2.05, 4.69) is 19.7 Å². The van der Waals surface area contributed by atoms with Crippen molar-refractivity contribution in [1.82, 2.24) is 9.97 Å². The zero-order chi connectivity index (χ0) is 26.3. The summed E-state index contributed by atoms with van der Waals surface area (Å²) in [7, 11) is 0. The number of rotatable bonds is 8. The molecule has 1 fully saturated rings. The van der Waals surface area contributed by atoms with Gasteiger partial charge in [-0.3, -0.25) is 0 Å². The highest BCUT2D eigenvalue weighted by Crippen LogP contribution is 2.37. The topological polar surface area (TPSA) is 87.1 Å². The number of ether oxygens (including phenoxy) is 3. The van der Waals surface area contributed by atoms with E-state index in [9.17, 15) is 0 Å². The molecule has 2 heterocycles. The summed E-state index contributed by atoms with van der Waals surface area (Å²) in [5, 5.41) is 0. The lowest BCUT2D eigenvalue weighted by atomic mass is 10.0. The van der Waals surface area contributed by atoms with Crippen molar-refractivity contribution in [1.29, 1.82) is 0 Å². The van der Waals surface area contributed by atoms with Gasteiger partial charge in [0.05, 0.1) is 19.8 Å². The molecule has 0 bridgehead atoms. The van der Waals surface area contributed by atoms with E-state index in [1.165, 1.54) is 0 Å². The maximum atomic E-state index is 7.49. The highest BCUT2D eigenvalue weighted by molar-refractivity contribution is 5.74. The third-order valence-electron chi connectivity index (χ3n) is 6.27. The van der Waals surface area contributed by atoms with E-state index in [1.54, 1.807) is 12.1 Å². The smallest absolute Gasteiger partial charge is 0.224 e. The third kappa shape index (κ3) is 5.92. The molecule has 192 valence electrons. The number of benzene rings is 3. The zero-order valence-electron chi connectivity index (χ0n) is 21.2. The van der Waals surface area contributed by atoms with Crippen LogP contribution in [0.1, 0.15) is 17.5 Å². The van der Waals surface area contributed by atoms with E-state index in [0.29, 0.717) is 42.9 Å². The van der Waals surface area contributed by atoms with E-state index in [-0.39, 0.29) is 6.10 Å². The molecule has 0 saturated carbocycles. The first-order valence-electron chi connectivity index (χ1n) is 12.5. The van der Waals surface area contributed by atoms with Crippen molar-refractivity contribution in [3.63, 3.8) is 0 Å². The lowest BCUT2D eigenvalue weighted by Gasteiger charge is -2.28. The normalized spacial score (nSPS) is 14.0. The van der Waals surface area contributed by atoms with Gasteiger partial charge in [-0.2, -0.15) is 4.98 Å². The van der Waals surface area contributed by atoms with Crippen molar-refractivity contribution in [3.05, 3.63) is 102 Å². The zero-order valence-corrected chi connectivity index (χ0v) is 21.2. The highest BCUT2D eigenvalue weighted by Gasteiger charge is 2.17. The van der Waals surface area contributed by atoms with Crippen LogP contribution in [0.4, 0.5) is 11.5 Å². The molecule has 2 N–H and O–H groups in total. The Morgan fingerprint density at radius 3 is 2.47 bits per heavy atom. The van der Waals surface area contributed by atoms with Crippen LogP contribution in [0.15, 0.2) is 78.9 Å². The molecule has 1 aliphatic rings. The molecule has 0 radical (unpaired) electrons. The first-order valence-corrected chi connectivity index (χ1v) is 12.5. The van der Waals surface area contributed by atoms with Crippen molar-refractivity contribution >= 4 is 11.5 Å². The van der Waals surface area contributed by atoms with E-state index >= 15 is 0 Å². The monoisotopic (exact) mass is 507 g/mol. The Morgan fingerprint density at radius 1 is 1.00 bits per heavy atom. The Hall–Kier alpha value is -4.45. The van der Waals surface area contributed by atoms with Crippen molar-refractivity contribution < 1.29 is 14.2 Å². The number of nitrogens with zero attached hydrogens (tertiary/aromatic N) is 4. The molecule has 0 amide bonds. The van der Waals surface area contributed by atoms with E-state index in [0.717, 1.165) is 41.3 Å². The van der Waals surface area contributed by atoms with Gasteiger partial charge < -0.3 is 24.8 Å². The van der Waals surface area contributed by atoms with Gasteiger partial charge in [0.15, 0.2) is 5.69 Å². The minimum atomic E-state index is -0.269. The first kappa shape index (κ1) is 25.2. The van der Waals surface area contributed by atoms with E-state index in [1.807, 2.05) is 73.7 Å². The second kappa shape index (κ2) is 11.7. The summed E-state index contributed by atoms with van der Waals surface area (Å²) in [5.74, 6) is 3.16. The number of hydrogen-bond donors (Lipinski definition) is 1. The van der Waals surface area contributed by atoms with Crippen LogP contribution in [0.5, 0.6) is 17.4 Å². The van der Waals surface area contributed by atoms with Crippen LogP contribution < -0.4 is 20.1 Å². The third-order valence-corrected chi connectivity index (χ3v) is 6.27. The molecule has 4 aromatic rings. The maximum absolute atomic E-state index is 7.49. The van der Waals surface area contributed by atoms with Gasteiger partial charge in [0, 0.05) is 31.3 Å².